The Morgan fingerprint density at radius 1 is 1.36 bits per heavy atom. The second kappa shape index (κ2) is 6.70. The maximum Gasteiger partial charge on any atom is 0.267 e. The third-order valence-electron chi connectivity index (χ3n) is 3.96. The Bertz CT molecular complexity index is 933. The van der Waals surface area contributed by atoms with E-state index in [1.807, 2.05) is 6.92 Å². The first-order chi connectivity index (χ1) is 11.9. The van der Waals surface area contributed by atoms with E-state index in [4.69, 9.17) is 10.5 Å². The fourth-order valence-electron chi connectivity index (χ4n) is 2.60. The summed E-state index contributed by atoms with van der Waals surface area (Å²) in [7, 11) is 1.59. The van der Waals surface area contributed by atoms with Gasteiger partial charge in [0, 0.05) is 22.3 Å². The van der Waals surface area contributed by atoms with Crippen LogP contribution in [0.5, 0.6) is 5.75 Å². The average Bonchev–Trinajstić information content (AvgIpc) is 2.90. The van der Waals surface area contributed by atoms with Gasteiger partial charge in [-0.25, -0.2) is 4.98 Å². The fourth-order valence-corrected chi connectivity index (χ4v) is 3.62. The molecule has 130 valence electrons. The van der Waals surface area contributed by atoms with Gasteiger partial charge in [-0.2, -0.15) is 0 Å². The first-order valence-corrected chi connectivity index (χ1v) is 8.55. The molecule has 7 heteroatoms. The van der Waals surface area contributed by atoms with Crippen LogP contribution >= 0.6 is 11.3 Å². The van der Waals surface area contributed by atoms with Crippen molar-refractivity contribution < 1.29 is 14.6 Å². The molecule has 3 aromatic rings. The summed E-state index contributed by atoms with van der Waals surface area (Å²) in [6.45, 7) is 3.50. The van der Waals surface area contributed by atoms with Crippen LogP contribution in [0.25, 0.3) is 10.2 Å². The van der Waals surface area contributed by atoms with Gasteiger partial charge in [0.05, 0.1) is 18.9 Å². The monoisotopic (exact) mass is 357 g/mol. The van der Waals surface area contributed by atoms with E-state index < -0.39 is 6.10 Å². The zero-order chi connectivity index (χ0) is 18.1. The standard InChI is InChI=1S/C18H19N3O3S/c1-9-13(10(2)22)8-14-15(19)16(25-18(14)20-9)17(23)21-11-4-6-12(24-3)7-5-11/h4-8,10,22H,19H2,1-3H3,(H,21,23). The van der Waals surface area contributed by atoms with Crippen molar-refractivity contribution in [3.8, 4) is 5.75 Å². The number of hydrogen-bond acceptors (Lipinski definition) is 6. The molecular weight excluding hydrogens is 338 g/mol. The van der Waals surface area contributed by atoms with E-state index >= 15 is 0 Å². The molecule has 0 aliphatic carbocycles. The molecule has 1 amide bonds. The van der Waals surface area contributed by atoms with Crippen molar-refractivity contribution in [3.63, 3.8) is 0 Å². The van der Waals surface area contributed by atoms with Crippen molar-refractivity contribution >= 4 is 38.8 Å². The largest absolute Gasteiger partial charge is 0.497 e. The van der Waals surface area contributed by atoms with E-state index in [9.17, 15) is 9.90 Å². The lowest BCUT2D eigenvalue weighted by Crippen LogP contribution is -2.11. The number of benzene rings is 1. The van der Waals surface area contributed by atoms with Crippen LogP contribution < -0.4 is 15.8 Å². The number of nitrogens with zero attached hydrogens (tertiary/aromatic N) is 1. The van der Waals surface area contributed by atoms with Crippen LogP contribution in [-0.4, -0.2) is 23.1 Å². The summed E-state index contributed by atoms with van der Waals surface area (Å²) in [6.07, 6.45) is -0.646. The number of hydrogen-bond donors (Lipinski definition) is 3. The molecule has 2 aromatic heterocycles. The number of methoxy groups -OCH3 is 1. The Labute approximate surface area is 149 Å². The number of carbonyl (C=O) groups excluding carboxylic acids is 1. The van der Waals surface area contributed by atoms with Gasteiger partial charge in [-0.05, 0) is 44.2 Å². The molecule has 0 fully saturated rings. The van der Waals surface area contributed by atoms with Crippen LogP contribution in [-0.2, 0) is 0 Å². The summed E-state index contributed by atoms with van der Waals surface area (Å²) in [5.74, 6) is 0.423. The molecular formula is C18H19N3O3S. The van der Waals surface area contributed by atoms with E-state index in [2.05, 4.69) is 10.3 Å². The Kier molecular flexibility index (Phi) is 4.61. The highest BCUT2D eigenvalue weighted by molar-refractivity contribution is 7.21. The van der Waals surface area contributed by atoms with Crippen molar-refractivity contribution in [1.82, 2.24) is 4.98 Å². The number of ether oxygens (including phenoxy) is 1. The Balaban J connectivity index is 1.94. The summed E-state index contributed by atoms with van der Waals surface area (Å²) in [5, 5.41) is 13.4. The highest BCUT2D eigenvalue weighted by Gasteiger charge is 2.19. The number of aliphatic hydroxyl groups is 1. The smallest absolute Gasteiger partial charge is 0.267 e. The zero-order valence-electron chi connectivity index (χ0n) is 14.2. The molecule has 0 saturated heterocycles. The lowest BCUT2D eigenvalue weighted by Gasteiger charge is -2.08. The van der Waals surface area contributed by atoms with Crippen LogP contribution in [0.2, 0.25) is 0 Å². The molecule has 0 spiro atoms. The number of fused-ring (bicyclic) bond motifs is 1. The number of aliphatic hydroxyl groups excluding tert-OH is 1. The number of rotatable bonds is 4. The van der Waals surface area contributed by atoms with Crippen LogP contribution in [0.4, 0.5) is 11.4 Å². The number of carbonyl (C=O) groups is 1. The molecule has 4 N–H and O–H groups in total. The minimum Gasteiger partial charge on any atom is -0.497 e. The van der Waals surface area contributed by atoms with Crippen molar-refractivity contribution in [1.29, 1.82) is 0 Å². The number of anilines is 2. The summed E-state index contributed by atoms with van der Waals surface area (Å²) < 4.78 is 5.10. The number of aryl methyl sites for hydroxylation is 1. The molecule has 0 aliphatic rings. The molecule has 0 aliphatic heterocycles. The summed E-state index contributed by atoms with van der Waals surface area (Å²) in [5.41, 5.74) is 8.63. The summed E-state index contributed by atoms with van der Waals surface area (Å²) in [4.78, 5) is 18.1. The molecule has 0 saturated carbocycles. The van der Waals surface area contributed by atoms with E-state index in [0.717, 1.165) is 5.69 Å². The maximum atomic E-state index is 12.6. The zero-order valence-corrected chi connectivity index (χ0v) is 15.0. The second-order valence-corrected chi connectivity index (χ2v) is 6.72. The minimum atomic E-state index is -0.646. The van der Waals surface area contributed by atoms with Gasteiger partial charge in [0.15, 0.2) is 0 Å². The highest BCUT2D eigenvalue weighted by atomic mass is 32.1. The molecule has 1 aromatic carbocycles. The van der Waals surface area contributed by atoms with Gasteiger partial charge in [-0.3, -0.25) is 4.79 Å². The lowest BCUT2D eigenvalue weighted by molar-refractivity contribution is 0.103. The molecule has 2 heterocycles. The summed E-state index contributed by atoms with van der Waals surface area (Å²) in [6, 6.07) is 8.86. The normalized spacial score (nSPS) is 12.2. The lowest BCUT2D eigenvalue weighted by atomic mass is 10.1. The predicted molar refractivity (Wildman–Crippen MR) is 100 cm³/mol. The first-order valence-electron chi connectivity index (χ1n) is 7.73. The highest BCUT2D eigenvalue weighted by Crippen LogP contribution is 2.35. The third kappa shape index (κ3) is 3.29. The Hall–Kier alpha value is -2.64. The fraction of sp³-hybridized carbons (Fsp3) is 0.222. The quantitative estimate of drug-likeness (QED) is 0.664. The molecule has 1 atom stereocenters. The number of nitrogens with one attached hydrogen (secondary N) is 1. The molecule has 6 nitrogen and oxygen atoms in total. The number of nitrogen functional groups attached to an aromatic ring is 1. The van der Waals surface area contributed by atoms with Gasteiger partial charge >= 0.3 is 0 Å². The number of thiophene rings is 1. The van der Waals surface area contributed by atoms with Crippen LogP contribution in [0.3, 0.4) is 0 Å². The van der Waals surface area contributed by atoms with Crippen LogP contribution in [0, 0.1) is 6.92 Å². The van der Waals surface area contributed by atoms with Crippen molar-refractivity contribution in [2.24, 2.45) is 0 Å². The Morgan fingerprint density at radius 2 is 2.04 bits per heavy atom. The van der Waals surface area contributed by atoms with E-state index in [-0.39, 0.29) is 5.91 Å². The SMILES string of the molecule is COc1ccc(NC(=O)c2sc3nc(C)c(C(C)O)cc3c2N)cc1. The summed E-state index contributed by atoms with van der Waals surface area (Å²) >= 11 is 1.24. The van der Waals surface area contributed by atoms with Gasteiger partial charge < -0.3 is 20.9 Å². The number of aromatic nitrogens is 1. The number of nitrogens with two attached hydrogens (primary N) is 1. The predicted octanol–water partition coefficient (Wildman–Crippen LogP) is 3.50. The second-order valence-electron chi connectivity index (χ2n) is 5.72. The van der Waals surface area contributed by atoms with Crippen molar-refractivity contribution in [2.45, 2.75) is 20.0 Å². The third-order valence-corrected chi connectivity index (χ3v) is 5.07. The van der Waals surface area contributed by atoms with Gasteiger partial charge in [0.1, 0.15) is 15.5 Å². The van der Waals surface area contributed by atoms with Crippen molar-refractivity contribution in [2.75, 3.05) is 18.2 Å². The molecule has 0 radical (unpaired) electrons. The van der Waals surface area contributed by atoms with E-state index in [1.165, 1.54) is 11.3 Å². The van der Waals surface area contributed by atoms with Crippen LogP contribution in [0.1, 0.15) is 34.0 Å². The Morgan fingerprint density at radius 3 is 2.64 bits per heavy atom. The minimum absolute atomic E-state index is 0.290. The molecule has 1 unspecified atom stereocenters. The molecule has 25 heavy (non-hydrogen) atoms. The van der Waals surface area contributed by atoms with Gasteiger partial charge in [0.2, 0.25) is 0 Å². The van der Waals surface area contributed by atoms with E-state index in [0.29, 0.717) is 37.8 Å². The van der Waals surface area contributed by atoms with Crippen LogP contribution in [0.15, 0.2) is 30.3 Å². The van der Waals surface area contributed by atoms with Gasteiger partial charge in [0.25, 0.3) is 5.91 Å². The average molecular weight is 357 g/mol. The van der Waals surface area contributed by atoms with E-state index in [1.54, 1.807) is 44.4 Å². The van der Waals surface area contributed by atoms with Crippen molar-refractivity contribution in [3.05, 3.63) is 46.5 Å². The first kappa shape index (κ1) is 17.2. The molecule has 0 bridgehead atoms. The topological polar surface area (TPSA) is 97.5 Å². The van der Waals surface area contributed by atoms with Gasteiger partial charge in [-0.1, -0.05) is 0 Å². The molecule has 3 rings (SSSR count). The maximum absolute atomic E-state index is 12.6. The van der Waals surface area contributed by atoms with Gasteiger partial charge in [-0.15, -0.1) is 11.3 Å². The number of pyridine rings is 1. The number of amides is 1.